The van der Waals surface area contributed by atoms with Crippen molar-refractivity contribution in [3.8, 4) is 5.75 Å². The normalized spacial score (nSPS) is 15.2. The first kappa shape index (κ1) is 20.0. The molecule has 1 amide bonds. The molecule has 0 unspecified atom stereocenters. The highest BCUT2D eigenvalue weighted by molar-refractivity contribution is 7.98. The van der Waals surface area contributed by atoms with Gasteiger partial charge in [0.25, 0.3) is 5.91 Å². The minimum absolute atomic E-state index is 0.0914. The SMILES string of the molecule is CSc1ccc(CNC(=O)c2ccc3c(c2)OCCN3c2ccc(C3CC3)cc2)cc1. The smallest absolute Gasteiger partial charge is 0.251 e. The lowest BCUT2D eigenvalue weighted by molar-refractivity contribution is 0.0950. The summed E-state index contributed by atoms with van der Waals surface area (Å²) in [4.78, 5) is 16.2. The second kappa shape index (κ2) is 8.67. The van der Waals surface area contributed by atoms with Crippen LogP contribution in [0.15, 0.2) is 71.6 Å². The molecule has 5 rings (SSSR count). The minimum Gasteiger partial charge on any atom is -0.490 e. The number of carbonyl (C=O) groups is 1. The fraction of sp³-hybridized carbons (Fsp3) is 0.269. The van der Waals surface area contributed by atoms with E-state index >= 15 is 0 Å². The van der Waals surface area contributed by atoms with Gasteiger partial charge in [0.1, 0.15) is 12.4 Å². The zero-order valence-corrected chi connectivity index (χ0v) is 18.5. The van der Waals surface area contributed by atoms with Crippen LogP contribution in [0.3, 0.4) is 0 Å². The van der Waals surface area contributed by atoms with E-state index in [4.69, 9.17) is 4.74 Å². The van der Waals surface area contributed by atoms with E-state index in [-0.39, 0.29) is 5.91 Å². The third-order valence-corrected chi connectivity index (χ3v) is 6.69. The highest BCUT2D eigenvalue weighted by Gasteiger charge is 2.25. The molecule has 3 aromatic rings. The second-order valence-electron chi connectivity index (χ2n) is 8.08. The maximum absolute atomic E-state index is 12.7. The van der Waals surface area contributed by atoms with Crippen LogP contribution < -0.4 is 15.0 Å². The zero-order valence-electron chi connectivity index (χ0n) is 17.6. The standard InChI is InChI=1S/C26H26N2O2S/c1-31-23-11-2-18(3-12-23)17-27-26(29)21-8-13-24-25(16-21)30-15-14-28(24)22-9-6-20(7-10-22)19-4-5-19/h2-3,6-13,16,19H,4-5,14-15,17H2,1H3,(H,27,29). The molecule has 1 saturated carbocycles. The molecule has 0 aromatic heterocycles. The van der Waals surface area contributed by atoms with Crippen molar-refractivity contribution in [1.29, 1.82) is 0 Å². The molecule has 1 N–H and O–H groups in total. The molecule has 0 radical (unpaired) electrons. The zero-order chi connectivity index (χ0) is 21.2. The van der Waals surface area contributed by atoms with Gasteiger partial charge in [0.2, 0.25) is 0 Å². The summed E-state index contributed by atoms with van der Waals surface area (Å²) in [5.41, 5.74) is 5.31. The first-order chi connectivity index (χ1) is 15.2. The van der Waals surface area contributed by atoms with Gasteiger partial charge < -0.3 is 15.0 Å². The van der Waals surface area contributed by atoms with Gasteiger partial charge in [-0.1, -0.05) is 24.3 Å². The van der Waals surface area contributed by atoms with Crippen molar-refractivity contribution in [3.63, 3.8) is 0 Å². The van der Waals surface area contributed by atoms with Gasteiger partial charge >= 0.3 is 0 Å². The Morgan fingerprint density at radius 3 is 2.55 bits per heavy atom. The lowest BCUT2D eigenvalue weighted by Gasteiger charge is -2.31. The predicted molar refractivity (Wildman–Crippen MR) is 127 cm³/mol. The summed E-state index contributed by atoms with van der Waals surface area (Å²) in [5.74, 6) is 1.43. The van der Waals surface area contributed by atoms with Crippen molar-refractivity contribution in [1.82, 2.24) is 5.32 Å². The number of rotatable bonds is 6. The Bertz CT molecular complexity index is 1080. The van der Waals surface area contributed by atoms with Crippen LogP contribution in [0.4, 0.5) is 11.4 Å². The number of thioether (sulfide) groups is 1. The Balaban J connectivity index is 1.29. The molecule has 1 heterocycles. The molecule has 0 bridgehead atoms. The molecule has 0 atom stereocenters. The molecule has 3 aromatic carbocycles. The first-order valence-electron chi connectivity index (χ1n) is 10.8. The second-order valence-corrected chi connectivity index (χ2v) is 8.96. The molecule has 2 aliphatic rings. The van der Waals surface area contributed by atoms with E-state index in [0.29, 0.717) is 18.7 Å². The molecule has 158 valence electrons. The van der Waals surface area contributed by atoms with Gasteiger partial charge in [-0.25, -0.2) is 0 Å². The van der Waals surface area contributed by atoms with Crippen LogP contribution >= 0.6 is 11.8 Å². The number of hydrogen-bond acceptors (Lipinski definition) is 4. The van der Waals surface area contributed by atoms with E-state index in [1.165, 1.54) is 29.0 Å². The molecule has 1 aliphatic heterocycles. The van der Waals surface area contributed by atoms with Gasteiger partial charge in [0.15, 0.2) is 0 Å². The first-order valence-corrected chi connectivity index (χ1v) is 12.0. The van der Waals surface area contributed by atoms with Crippen LogP contribution in [0.5, 0.6) is 5.75 Å². The van der Waals surface area contributed by atoms with Crippen LogP contribution in [0.25, 0.3) is 0 Å². The summed E-state index contributed by atoms with van der Waals surface area (Å²) in [6.07, 6.45) is 4.68. The number of nitrogens with one attached hydrogen (secondary N) is 1. The third-order valence-electron chi connectivity index (χ3n) is 5.95. The van der Waals surface area contributed by atoms with Gasteiger partial charge in [-0.05, 0) is 78.6 Å². The lowest BCUT2D eigenvalue weighted by atomic mass is 10.1. The summed E-state index contributed by atoms with van der Waals surface area (Å²) < 4.78 is 5.90. The Labute approximate surface area is 187 Å². The average molecular weight is 431 g/mol. The number of amides is 1. The topological polar surface area (TPSA) is 41.6 Å². The largest absolute Gasteiger partial charge is 0.490 e. The minimum atomic E-state index is -0.0914. The van der Waals surface area contributed by atoms with Gasteiger partial charge in [-0.15, -0.1) is 11.8 Å². The highest BCUT2D eigenvalue weighted by Crippen LogP contribution is 2.42. The summed E-state index contributed by atoms with van der Waals surface area (Å²) in [7, 11) is 0. The Morgan fingerprint density at radius 2 is 1.84 bits per heavy atom. The molecule has 1 aliphatic carbocycles. The molecule has 1 fully saturated rings. The van der Waals surface area contributed by atoms with E-state index in [2.05, 4.69) is 65.0 Å². The Morgan fingerprint density at radius 1 is 1.06 bits per heavy atom. The lowest BCUT2D eigenvalue weighted by Crippen LogP contribution is -2.29. The number of fused-ring (bicyclic) bond motifs is 1. The van der Waals surface area contributed by atoms with Crippen LogP contribution in [-0.2, 0) is 6.54 Å². The predicted octanol–water partition coefficient (Wildman–Crippen LogP) is 5.75. The van der Waals surface area contributed by atoms with E-state index < -0.39 is 0 Å². The number of carbonyl (C=O) groups excluding carboxylic acids is 1. The summed E-state index contributed by atoms with van der Waals surface area (Å²) in [5, 5.41) is 3.01. The average Bonchev–Trinajstić information content (AvgIpc) is 3.68. The number of hydrogen-bond donors (Lipinski definition) is 1. The molecule has 4 nitrogen and oxygen atoms in total. The van der Waals surface area contributed by atoms with Gasteiger partial charge in [0.05, 0.1) is 12.2 Å². The molecular weight excluding hydrogens is 404 g/mol. The van der Waals surface area contributed by atoms with Crippen molar-refractivity contribution in [2.45, 2.75) is 30.2 Å². The maximum Gasteiger partial charge on any atom is 0.251 e. The van der Waals surface area contributed by atoms with Crippen molar-refractivity contribution in [2.24, 2.45) is 0 Å². The molecule has 0 saturated heterocycles. The van der Waals surface area contributed by atoms with E-state index in [1.54, 1.807) is 11.8 Å². The monoisotopic (exact) mass is 430 g/mol. The Hall–Kier alpha value is -2.92. The third kappa shape index (κ3) is 4.42. The van der Waals surface area contributed by atoms with E-state index in [9.17, 15) is 4.79 Å². The molecule has 31 heavy (non-hydrogen) atoms. The van der Waals surface area contributed by atoms with E-state index in [1.807, 2.05) is 18.2 Å². The van der Waals surface area contributed by atoms with Gasteiger partial charge in [-0.3, -0.25) is 4.79 Å². The number of benzene rings is 3. The van der Waals surface area contributed by atoms with Crippen LogP contribution in [-0.4, -0.2) is 25.3 Å². The van der Waals surface area contributed by atoms with Crippen LogP contribution in [0.1, 0.15) is 40.2 Å². The molecule has 0 spiro atoms. The van der Waals surface area contributed by atoms with Crippen molar-refractivity contribution in [2.75, 3.05) is 24.3 Å². The number of anilines is 2. The van der Waals surface area contributed by atoms with Gasteiger partial charge in [0, 0.05) is 22.7 Å². The summed E-state index contributed by atoms with van der Waals surface area (Å²) >= 11 is 1.71. The molecule has 5 heteroatoms. The maximum atomic E-state index is 12.7. The summed E-state index contributed by atoms with van der Waals surface area (Å²) in [6.45, 7) is 1.91. The number of ether oxygens (including phenoxy) is 1. The fourth-order valence-electron chi connectivity index (χ4n) is 4.00. The van der Waals surface area contributed by atoms with Gasteiger partial charge in [-0.2, -0.15) is 0 Å². The van der Waals surface area contributed by atoms with Crippen LogP contribution in [0.2, 0.25) is 0 Å². The molecular formula is C26H26N2O2S. The van der Waals surface area contributed by atoms with Crippen LogP contribution in [0, 0.1) is 0 Å². The van der Waals surface area contributed by atoms with Crippen molar-refractivity contribution < 1.29 is 9.53 Å². The summed E-state index contributed by atoms with van der Waals surface area (Å²) in [6, 6.07) is 22.9. The quantitative estimate of drug-likeness (QED) is 0.506. The fourth-order valence-corrected chi connectivity index (χ4v) is 4.41. The highest BCUT2D eigenvalue weighted by atomic mass is 32.2. The Kier molecular flexibility index (Phi) is 5.60. The van der Waals surface area contributed by atoms with Crippen molar-refractivity contribution >= 4 is 29.0 Å². The van der Waals surface area contributed by atoms with E-state index in [0.717, 1.165) is 29.5 Å². The number of nitrogens with zero attached hydrogens (tertiary/aromatic N) is 1. The van der Waals surface area contributed by atoms with Crippen molar-refractivity contribution in [3.05, 3.63) is 83.4 Å².